The van der Waals surface area contributed by atoms with Crippen LogP contribution in [0.15, 0.2) is 59.7 Å². The molecule has 0 saturated carbocycles. The standard InChI is InChI=1S/C25H25N3O/c1-16(19-7-5-4-6-8-19)11-23(29)14-22-13-21-15-27-25(24(21)18(3)28-22)20-9-10-26-17(2)12-20/h4-10,12-13,16H,11,14-15H2,1-3H3/t16-/m0/s1. The molecule has 146 valence electrons. The van der Waals surface area contributed by atoms with Gasteiger partial charge >= 0.3 is 0 Å². The normalized spacial score (nSPS) is 13.7. The maximum absolute atomic E-state index is 12.7. The van der Waals surface area contributed by atoms with Crippen molar-refractivity contribution in [1.29, 1.82) is 0 Å². The lowest BCUT2D eigenvalue weighted by molar-refractivity contribution is -0.118. The van der Waals surface area contributed by atoms with Crippen LogP contribution >= 0.6 is 0 Å². The summed E-state index contributed by atoms with van der Waals surface area (Å²) in [7, 11) is 0. The Bertz CT molecular complexity index is 1090. The number of hydrogen-bond acceptors (Lipinski definition) is 4. The maximum atomic E-state index is 12.7. The van der Waals surface area contributed by atoms with Gasteiger partial charge in [0.05, 0.1) is 12.3 Å². The van der Waals surface area contributed by atoms with Gasteiger partial charge in [0.1, 0.15) is 5.78 Å². The van der Waals surface area contributed by atoms with Crippen LogP contribution in [0.4, 0.5) is 0 Å². The van der Waals surface area contributed by atoms with Crippen molar-refractivity contribution in [2.75, 3.05) is 0 Å². The van der Waals surface area contributed by atoms with Crippen molar-refractivity contribution in [2.45, 2.75) is 46.1 Å². The molecule has 0 unspecified atom stereocenters. The lowest BCUT2D eigenvalue weighted by atomic mass is 9.93. The first kappa shape index (κ1) is 19.2. The molecule has 4 heteroatoms. The summed E-state index contributed by atoms with van der Waals surface area (Å²) in [6, 6.07) is 16.3. The van der Waals surface area contributed by atoms with Gasteiger partial charge in [-0.1, -0.05) is 37.3 Å². The Kier molecular flexibility index (Phi) is 5.34. The fraction of sp³-hybridized carbons (Fsp3) is 0.280. The Morgan fingerprint density at radius 3 is 2.66 bits per heavy atom. The van der Waals surface area contributed by atoms with E-state index in [-0.39, 0.29) is 11.7 Å². The molecule has 4 nitrogen and oxygen atoms in total. The van der Waals surface area contributed by atoms with Crippen LogP contribution in [0.1, 0.15) is 58.6 Å². The van der Waals surface area contributed by atoms with Gasteiger partial charge in [0.2, 0.25) is 0 Å². The summed E-state index contributed by atoms with van der Waals surface area (Å²) in [6.07, 6.45) is 2.71. The third-order valence-corrected chi connectivity index (χ3v) is 5.43. The number of Topliss-reactive ketones (excluding diaryl/α,β-unsaturated/α-hetero) is 1. The van der Waals surface area contributed by atoms with Crippen LogP contribution in [0.5, 0.6) is 0 Å². The molecule has 4 rings (SSSR count). The summed E-state index contributed by atoms with van der Waals surface area (Å²) in [5, 5.41) is 0. The number of benzene rings is 1. The number of aromatic nitrogens is 2. The second-order valence-electron chi connectivity index (χ2n) is 7.82. The van der Waals surface area contributed by atoms with Gasteiger partial charge in [-0.2, -0.15) is 0 Å². The van der Waals surface area contributed by atoms with Crippen molar-refractivity contribution >= 4 is 11.5 Å². The number of aliphatic imine (C=N–C) groups is 1. The highest BCUT2D eigenvalue weighted by atomic mass is 16.1. The fourth-order valence-electron chi connectivity index (χ4n) is 4.03. The largest absolute Gasteiger partial charge is 0.299 e. The monoisotopic (exact) mass is 383 g/mol. The summed E-state index contributed by atoms with van der Waals surface area (Å²) in [5.74, 6) is 0.432. The van der Waals surface area contributed by atoms with Crippen molar-refractivity contribution in [3.63, 3.8) is 0 Å². The summed E-state index contributed by atoms with van der Waals surface area (Å²) in [6.45, 7) is 6.73. The molecular formula is C25H25N3O. The van der Waals surface area contributed by atoms with Crippen LogP contribution in [-0.4, -0.2) is 21.5 Å². The number of carbonyl (C=O) groups is 1. The smallest absolute Gasteiger partial charge is 0.139 e. The number of rotatable bonds is 6. The molecule has 1 aliphatic heterocycles. The molecule has 2 aromatic heterocycles. The second-order valence-corrected chi connectivity index (χ2v) is 7.82. The second kappa shape index (κ2) is 8.08. The molecule has 29 heavy (non-hydrogen) atoms. The van der Waals surface area contributed by atoms with E-state index in [1.807, 2.05) is 44.3 Å². The number of hydrogen-bond donors (Lipinski definition) is 0. The number of carbonyl (C=O) groups excluding carboxylic acids is 1. The van der Waals surface area contributed by atoms with Crippen molar-refractivity contribution in [3.05, 3.63) is 94.1 Å². The van der Waals surface area contributed by atoms with Crippen molar-refractivity contribution in [2.24, 2.45) is 4.99 Å². The van der Waals surface area contributed by atoms with E-state index in [4.69, 9.17) is 9.98 Å². The summed E-state index contributed by atoms with van der Waals surface area (Å²) >= 11 is 0. The van der Waals surface area contributed by atoms with Crippen molar-refractivity contribution in [1.82, 2.24) is 9.97 Å². The predicted octanol–water partition coefficient (Wildman–Crippen LogP) is 4.75. The minimum absolute atomic E-state index is 0.212. The Morgan fingerprint density at radius 2 is 1.90 bits per heavy atom. The van der Waals surface area contributed by atoms with Gasteiger partial charge in [0.25, 0.3) is 0 Å². The van der Waals surface area contributed by atoms with Crippen LogP contribution in [-0.2, 0) is 17.8 Å². The average molecular weight is 383 g/mol. The minimum Gasteiger partial charge on any atom is -0.299 e. The summed E-state index contributed by atoms with van der Waals surface area (Å²) < 4.78 is 0. The van der Waals surface area contributed by atoms with Gasteiger partial charge in [-0.3, -0.25) is 19.8 Å². The molecule has 1 aliphatic rings. The number of nitrogens with zero attached hydrogens (tertiary/aromatic N) is 3. The Hall–Kier alpha value is -3.14. The van der Waals surface area contributed by atoms with Crippen molar-refractivity contribution < 1.29 is 4.79 Å². The van der Waals surface area contributed by atoms with Gasteiger partial charge < -0.3 is 0 Å². The van der Waals surface area contributed by atoms with Gasteiger partial charge in [-0.05, 0) is 49.1 Å². The van der Waals surface area contributed by atoms with Crippen LogP contribution in [0, 0.1) is 13.8 Å². The molecule has 0 saturated heterocycles. The molecule has 3 aromatic rings. The number of ketones is 1. The Balaban J connectivity index is 1.50. The highest BCUT2D eigenvalue weighted by Gasteiger charge is 2.22. The number of aryl methyl sites for hydroxylation is 2. The maximum Gasteiger partial charge on any atom is 0.139 e. The molecule has 0 spiro atoms. The van der Waals surface area contributed by atoms with E-state index in [1.54, 1.807) is 0 Å². The van der Waals surface area contributed by atoms with Gasteiger partial charge in [-0.25, -0.2) is 0 Å². The first-order chi connectivity index (χ1) is 14.0. The van der Waals surface area contributed by atoms with Gasteiger partial charge in [0, 0.05) is 47.2 Å². The predicted molar refractivity (Wildman–Crippen MR) is 115 cm³/mol. The van der Waals surface area contributed by atoms with Gasteiger partial charge in [0.15, 0.2) is 0 Å². The SMILES string of the molecule is Cc1cc(C2=NCc3cc(CC(=O)C[C@H](C)c4ccccc4)nc(C)c32)ccn1. The van der Waals surface area contributed by atoms with E-state index >= 15 is 0 Å². The molecule has 0 N–H and O–H groups in total. The first-order valence-corrected chi connectivity index (χ1v) is 10.0. The molecule has 3 heterocycles. The third-order valence-electron chi connectivity index (χ3n) is 5.43. The van der Waals surface area contributed by atoms with Crippen LogP contribution in [0.25, 0.3) is 0 Å². The van der Waals surface area contributed by atoms with E-state index in [9.17, 15) is 4.79 Å². The van der Waals surface area contributed by atoms with E-state index in [2.05, 4.69) is 36.2 Å². The first-order valence-electron chi connectivity index (χ1n) is 10.0. The zero-order valence-corrected chi connectivity index (χ0v) is 17.1. The average Bonchev–Trinajstić information content (AvgIpc) is 3.13. The molecular weight excluding hydrogens is 358 g/mol. The molecule has 1 aromatic carbocycles. The van der Waals surface area contributed by atoms with E-state index < -0.39 is 0 Å². The molecule has 0 fully saturated rings. The van der Waals surface area contributed by atoms with Crippen LogP contribution < -0.4 is 0 Å². The topological polar surface area (TPSA) is 55.2 Å². The highest BCUT2D eigenvalue weighted by Crippen LogP contribution is 2.27. The van der Waals surface area contributed by atoms with Gasteiger partial charge in [-0.15, -0.1) is 0 Å². The van der Waals surface area contributed by atoms with Crippen LogP contribution in [0.2, 0.25) is 0 Å². The number of fused-ring (bicyclic) bond motifs is 1. The highest BCUT2D eigenvalue weighted by molar-refractivity contribution is 6.15. The van der Waals surface area contributed by atoms with Crippen molar-refractivity contribution in [3.8, 4) is 0 Å². The molecule has 1 atom stereocenters. The third kappa shape index (κ3) is 4.16. The van der Waals surface area contributed by atoms with Crippen LogP contribution in [0.3, 0.4) is 0 Å². The minimum atomic E-state index is 0.212. The van der Waals surface area contributed by atoms with E-state index in [1.165, 1.54) is 5.56 Å². The molecule has 0 bridgehead atoms. The lowest BCUT2D eigenvalue weighted by Gasteiger charge is -2.12. The van der Waals surface area contributed by atoms with E-state index in [0.29, 0.717) is 19.4 Å². The van der Waals surface area contributed by atoms with E-state index in [0.717, 1.165) is 39.5 Å². The Morgan fingerprint density at radius 1 is 1.10 bits per heavy atom. The fourth-order valence-corrected chi connectivity index (χ4v) is 4.03. The zero-order valence-electron chi connectivity index (χ0n) is 17.1. The molecule has 0 radical (unpaired) electrons. The summed E-state index contributed by atoms with van der Waals surface area (Å²) in [4.78, 5) is 26.4. The zero-order chi connectivity index (χ0) is 20.4. The molecule has 0 amide bonds. The summed E-state index contributed by atoms with van der Waals surface area (Å²) in [5.41, 5.74) is 8.25. The Labute approximate surface area is 171 Å². The quantitative estimate of drug-likeness (QED) is 0.617. The number of pyridine rings is 2. The lowest BCUT2D eigenvalue weighted by Crippen LogP contribution is -2.11. The molecule has 0 aliphatic carbocycles.